The van der Waals surface area contributed by atoms with E-state index in [1.807, 2.05) is 6.07 Å². The first kappa shape index (κ1) is 18.0. The van der Waals surface area contributed by atoms with Crippen molar-refractivity contribution in [3.63, 3.8) is 0 Å². The van der Waals surface area contributed by atoms with Crippen LogP contribution in [0, 0.1) is 23.7 Å². The molecule has 150 valence electrons. The van der Waals surface area contributed by atoms with Gasteiger partial charge in [0.25, 0.3) is 0 Å². The number of likely N-dealkylation sites (tertiary alicyclic amines) is 1. The van der Waals surface area contributed by atoms with Gasteiger partial charge in [0.1, 0.15) is 0 Å². The molecule has 2 bridgehead atoms. The maximum absolute atomic E-state index is 12.7. The lowest BCUT2D eigenvalue weighted by atomic mass is 9.81. The number of piperazine rings is 1. The standard InChI is InChI=1S/C21H29N5O2/c27-19-17-15-4-5-16(14-15)18(17)20(28)26(19)9-2-1-8-24-10-12-25(13-11-24)21-22-6-3-7-23-21/h3,6-7,15-18H,1-2,4-5,8-14H2/p+1/t15-,16+,17+,18-. The smallest absolute Gasteiger partial charge is 0.233 e. The van der Waals surface area contributed by atoms with E-state index in [2.05, 4.69) is 14.9 Å². The molecule has 2 aliphatic heterocycles. The van der Waals surface area contributed by atoms with E-state index < -0.39 is 0 Å². The summed E-state index contributed by atoms with van der Waals surface area (Å²) in [5.41, 5.74) is 0. The van der Waals surface area contributed by atoms with E-state index in [9.17, 15) is 9.59 Å². The van der Waals surface area contributed by atoms with Crippen molar-refractivity contribution in [2.75, 3.05) is 44.2 Å². The van der Waals surface area contributed by atoms with Crippen molar-refractivity contribution in [2.45, 2.75) is 32.1 Å². The highest BCUT2D eigenvalue weighted by atomic mass is 16.2. The second-order valence-corrected chi connectivity index (χ2v) is 8.96. The van der Waals surface area contributed by atoms with Crippen LogP contribution in [0.2, 0.25) is 0 Å². The Labute approximate surface area is 166 Å². The van der Waals surface area contributed by atoms with E-state index >= 15 is 0 Å². The van der Waals surface area contributed by atoms with Crippen LogP contribution in [0.25, 0.3) is 0 Å². The Morgan fingerprint density at radius 3 is 2.25 bits per heavy atom. The van der Waals surface area contributed by atoms with Gasteiger partial charge in [-0.3, -0.25) is 14.5 Å². The van der Waals surface area contributed by atoms with Crippen molar-refractivity contribution in [1.29, 1.82) is 0 Å². The first-order valence-corrected chi connectivity index (χ1v) is 10.9. The number of quaternary nitrogens is 1. The average Bonchev–Trinajstić information content (AvgIpc) is 3.41. The van der Waals surface area contributed by atoms with Crippen molar-refractivity contribution in [2.24, 2.45) is 23.7 Å². The molecule has 4 fully saturated rings. The van der Waals surface area contributed by atoms with Gasteiger partial charge in [0.05, 0.1) is 44.6 Å². The summed E-state index contributed by atoms with van der Waals surface area (Å²) >= 11 is 0. The van der Waals surface area contributed by atoms with E-state index in [0.29, 0.717) is 18.4 Å². The SMILES string of the molecule is O=C1[C@@H]2[C@H]3CC[C@H](C3)[C@@H]2C(=O)N1CCCC[NH+]1CCN(c2ncccn2)CC1. The average molecular weight is 385 g/mol. The Hall–Kier alpha value is -2.02. The Morgan fingerprint density at radius 1 is 0.964 bits per heavy atom. The van der Waals surface area contributed by atoms with Crippen LogP contribution < -0.4 is 9.80 Å². The molecular weight excluding hydrogens is 354 g/mol. The summed E-state index contributed by atoms with van der Waals surface area (Å²) in [5.74, 6) is 2.16. The van der Waals surface area contributed by atoms with Gasteiger partial charge in [-0.1, -0.05) is 0 Å². The van der Waals surface area contributed by atoms with Gasteiger partial charge in [-0.2, -0.15) is 0 Å². The van der Waals surface area contributed by atoms with Crippen molar-refractivity contribution in [1.82, 2.24) is 14.9 Å². The van der Waals surface area contributed by atoms with Crippen LogP contribution in [0.15, 0.2) is 18.5 Å². The minimum Gasteiger partial charge on any atom is -0.332 e. The lowest BCUT2D eigenvalue weighted by Crippen LogP contribution is -3.14. The molecule has 1 aromatic rings. The fraction of sp³-hybridized carbons (Fsp3) is 0.714. The maximum atomic E-state index is 12.7. The summed E-state index contributed by atoms with van der Waals surface area (Å²) in [4.78, 5) is 39.6. The molecule has 1 aromatic heterocycles. The summed E-state index contributed by atoms with van der Waals surface area (Å²) in [7, 11) is 0. The van der Waals surface area contributed by atoms with Crippen LogP contribution >= 0.6 is 0 Å². The summed E-state index contributed by atoms with van der Waals surface area (Å²) in [6, 6.07) is 1.85. The number of unbranched alkanes of at least 4 members (excludes halogenated alkanes) is 1. The molecule has 4 aliphatic rings. The van der Waals surface area contributed by atoms with E-state index in [-0.39, 0.29) is 23.7 Å². The molecule has 28 heavy (non-hydrogen) atoms. The van der Waals surface area contributed by atoms with E-state index in [0.717, 1.165) is 70.8 Å². The van der Waals surface area contributed by atoms with Gasteiger partial charge < -0.3 is 9.80 Å². The second-order valence-electron chi connectivity index (χ2n) is 8.96. The van der Waals surface area contributed by atoms with Gasteiger partial charge in [0.2, 0.25) is 17.8 Å². The summed E-state index contributed by atoms with van der Waals surface area (Å²) in [5, 5.41) is 0. The van der Waals surface area contributed by atoms with Gasteiger partial charge in [-0.15, -0.1) is 0 Å². The molecule has 0 unspecified atom stereocenters. The van der Waals surface area contributed by atoms with Crippen molar-refractivity contribution in [3.8, 4) is 0 Å². The summed E-state index contributed by atoms with van der Waals surface area (Å²) in [6.45, 7) is 5.88. The Morgan fingerprint density at radius 2 is 1.61 bits per heavy atom. The van der Waals surface area contributed by atoms with Gasteiger partial charge in [0.15, 0.2) is 0 Å². The molecule has 0 aromatic carbocycles. The van der Waals surface area contributed by atoms with Gasteiger partial charge in [-0.05, 0) is 50.0 Å². The van der Waals surface area contributed by atoms with Gasteiger partial charge in [-0.25, -0.2) is 9.97 Å². The zero-order valence-corrected chi connectivity index (χ0v) is 16.4. The number of hydrogen-bond acceptors (Lipinski definition) is 5. The molecule has 0 spiro atoms. The second kappa shape index (κ2) is 7.43. The van der Waals surface area contributed by atoms with Crippen molar-refractivity contribution in [3.05, 3.63) is 18.5 Å². The largest absolute Gasteiger partial charge is 0.332 e. The Bertz CT molecular complexity index is 706. The van der Waals surface area contributed by atoms with E-state index in [1.165, 1.54) is 0 Å². The predicted molar refractivity (Wildman–Crippen MR) is 104 cm³/mol. The number of carbonyl (C=O) groups excluding carboxylic acids is 2. The third-order valence-corrected chi connectivity index (χ3v) is 7.49. The van der Waals surface area contributed by atoms with Crippen LogP contribution in [0.1, 0.15) is 32.1 Å². The van der Waals surface area contributed by atoms with Crippen LogP contribution in [-0.2, 0) is 9.59 Å². The number of carbonyl (C=O) groups is 2. The summed E-state index contributed by atoms with van der Waals surface area (Å²) in [6.07, 6.45) is 9.01. The molecule has 3 heterocycles. The molecule has 1 N–H and O–H groups in total. The third kappa shape index (κ3) is 3.09. The highest BCUT2D eigenvalue weighted by Crippen LogP contribution is 2.56. The first-order chi connectivity index (χ1) is 13.7. The minimum atomic E-state index is 0.0326. The fourth-order valence-electron chi connectivity index (χ4n) is 6.06. The van der Waals surface area contributed by atoms with Crippen LogP contribution in [0.4, 0.5) is 5.95 Å². The zero-order valence-electron chi connectivity index (χ0n) is 16.4. The molecule has 0 radical (unpaired) electrons. The molecule has 7 nitrogen and oxygen atoms in total. The lowest BCUT2D eigenvalue weighted by molar-refractivity contribution is -0.900. The molecule has 4 atom stereocenters. The molecule has 2 aliphatic carbocycles. The molecule has 2 saturated heterocycles. The number of rotatable bonds is 6. The predicted octanol–water partition coefficient (Wildman–Crippen LogP) is -0.00720. The van der Waals surface area contributed by atoms with E-state index in [1.54, 1.807) is 22.2 Å². The fourth-order valence-corrected chi connectivity index (χ4v) is 6.06. The number of amides is 2. The van der Waals surface area contributed by atoms with Crippen LogP contribution in [-0.4, -0.2) is 66.0 Å². The van der Waals surface area contributed by atoms with Crippen molar-refractivity contribution < 1.29 is 14.5 Å². The number of hydrogen-bond donors (Lipinski definition) is 1. The Kier molecular flexibility index (Phi) is 4.78. The zero-order chi connectivity index (χ0) is 19.1. The van der Waals surface area contributed by atoms with Crippen LogP contribution in [0.3, 0.4) is 0 Å². The molecule has 2 amide bonds. The highest BCUT2D eigenvalue weighted by Gasteiger charge is 2.60. The quantitative estimate of drug-likeness (QED) is 0.552. The monoisotopic (exact) mass is 384 g/mol. The Balaban J connectivity index is 1.05. The van der Waals surface area contributed by atoms with Crippen LogP contribution in [0.5, 0.6) is 0 Å². The number of nitrogens with one attached hydrogen (secondary N) is 1. The molecule has 2 saturated carbocycles. The number of nitrogens with zero attached hydrogens (tertiary/aromatic N) is 4. The minimum absolute atomic E-state index is 0.0326. The normalized spacial score (nSPS) is 32.4. The third-order valence-electron chi connectivity index (χ3n) is 7.49. The topological polar surface area (TPSA) is 70.8 Å². The molecule has 5 rings (SSSR count). The molecule has 7 heteroatoms. The summed E-state index contributed by atoms with van der Waals surface area (Å²) < 4.78 is 0. The highest BCUT2D eigenvalue weighted by molar-refractivity contribution is 6.06. The lowest BCUT2D eigenvalue weighted by Gasteiger charge is -2.32. The number of fused-ring (bicyclic) bond motifs is 5. The number of imide groups is 1. The number of aromatic nitrogens is 2. The van der Waals surface area contributed by atoms with Crippen molar-refractivity contribution >= 4 is 17.8 Å². The maximum Gasteiger partial charge on any atom is 0.233 e. The van der Waals surface area contributed by atoms with Gasteiger partial charge >= 0.3 is 0 Å². The van der Waals surface area contributed by atoms with E-state index in [4.69, 9.17) is 0 Å². The number of anilines is 1. The molecular formula is C21H30N5O2+. The van der Waals surface area contributed by atoms with Gasteiger partial charge in [0, 0.05) is 18.9 Å². The first-order valence-electron chi connectivity index (χ1n) is 10.9.